The normalized spacial score (nSPS) is 15.9. The first-order valence-corrected chi connectivity index (χ1v) is 8.49. The Morgan fingerprint density at radius 3 is 2.52 bits per heavy atom. The minimum Gasteiger partial charge on any atom is -0.351 e. The third-order valence-electron chi connectivity index (χ3n) is 4.16. The quantitative estimate of drug-likeness (QED) is 0.786. The van der Waals surface area contributed by atoms with Gasteiger partial charge in [-0.05, 0) is 62.6 Å². The molecule has 0 bridgehead atoms. The molecule has 0 atom stereocenters. The lowest BCUT2D eigenvalue weighted by Gasteiger charge is -2.31. The van der Waals surface area contributed by atoms with Gasteiger partial charge in [0.2, 0.25) is 5.91 Å². The number of amides is 1. The number of halogens is 2. The van der Waals surface area contributed by atoms with E-state index in [-0.39, 0.29) is 18.3 Å². The van der Waals surface area contributed by atoms with E-state index in [1.165, 1.54) is 12.8 Å². The lowest BCUT2D eigenvalue weighted by molar-refractivity contribution is -0.122. The van der Waals surface area contributed by atoms with E-state index in [0.717, 1.165) is 42.7 Å². The Morgan fingerprint density at radius 2 is 1.91 bits per heavy atom. The molecular formula is C17H27Cl2N3O. The van der Waals surface area contributed by atoms with Crippen LogP contribution in [-0.2, 0) is 11.3 Å². The molecule has 1 heterocycles. The number of hydrogen-bond acceptors (Lipinski definition) is 3. The summed E-state index contributed by atoms with van der Waals surface area (Å²) >= 11 is 5.85. The van der Waals surface area contributed by atoms with Crippen LogP contribution in [0.25, 0.3) is 0 Å². The van der Waals surface area contributed by atoms with Crippen LogP contribution in [0.3, 0.4) is 0 Å². The molecule has 1 aromatic rings. The van der Waals surface area contributed by atoms with E-state index in [2.05, 4.69) is 22.5 Å². The van der Waals surface area contributed by atoms with Gasteiger partial charge in [0, 0.05) is 11.6 Å². The number of likely N-dealkylation sites (tertiary alicyclic amines) is 1. The van der Waals surface area contributed by atoms with Crippen molar-refractivity contribution >= 4 is 29.9 Å². The summed E-state index contributed by atoms with van der Waals surface area (Å²) in [6.45, 7) is 7.38. The van der Waals surface area contributed by atoms with E-state index in [1.54, 1.807) is 0 Å². The smallest absolute Gasteiger partial charge is 0.234 e. The van der Waals surface area contributed by atoms with Gasteiger partial charge in [-0.1, -0.05) is 30.7 Å². The summed E-state index contributed by atoms with van der Waals surface area (Å²) < 4.78 is 0. The summed E-state index contributed by atoms with van der Waals surface area (Å²) in [5, 5.41) is 7.10. The van der Waals surface area contributed by atoms with Crippen LogP contribution < -0.4 is 10.6 Å². The molecule has 130 valence electrons. The summed E-state index contributed by atoms with van der Waals surface area (Å²) in [5.74, 6) is 0.855. The Morgan fingerprint density at radius 1 is 1.26 bits per heavy atom. The number of carbonyl (C=O) groups is 1. The summed E-state index contributed by atoms with van der Waals surface area (Å²) in [7, 11) is 0. The molecule has 0 saturated carbocycles. The van der Waals surface area contributed by atoms with E-state index in [9.17, 15) is 4.79 Å². The predicted octanol–water partition coefficient (Wildman–Crippen LogP) is 2.70. The van der Waals surface area contributed by atoms with Crippen molar-refractivity contribution in [2.24, 2.45) is 5.92 Å². The highest BCUT2D eigenvalue weighted by Crippen LogP contribution is 2.16. The van der Waals surface area contributed by atoms with E-state index >= 15 is 0 Å². The second-order valence-corrected chi connectivity index (χ2v) is 6.37. The van der Waals surface area contributed by atoms with E-state index in [1.807, 2.05) is 24.3 Å². The van der Waals surface area contributed by atoms with Crippen molar-refractivity contribution in [3.05, 3.63) is 34.9 Å². The summed E-state index contributed by atoms with van der Waals surface area (Å²) in [5.41, 5.74) is 1.07. The molecule has 1 amide bonds. The summed E-state index contributed by atoms with van der Waals surface area (Å²) in [6.07, 6.45) is 2.36. The van der Waals surface area contributed by atoms with Crippen molar-refractivity contribution < 1.29 is 4.79 Å². The van der Waals surface area contributed by atoms with E-state index in [0.29, 0.717) is 13.1 Å². The predicted molar refractivity (Wildman–Crippen MR) is 98.3 cm³/mol. The van der Waals surface area contributed by atoms with Gasteiger partial charge in [0.1, 0.15) is 0 Å². The average Bonchev–Trinajstić information content (AvgIpc) is 2.54. The lowest BCUT2D eigenvalue weighted by Crippen LogP contribution is -2.42. The Kier molecular flexibility index (Phi) is 9.56. The Labute approximate surface area is 150 Å². The minimum absolute atomic E-state index is 0. The molecular weight excluding hydrogens is 333 g/mol. The highest BCUT2D eigenvalue weighted by Gasteiger charge is 2.20. The fraction of sp³-hybridized carbons (Fsp3) is 0.588. The number of nitrogens with one attached hydrogen (secondary N) is 2. The molecule has 2 rings (SSSR count). The SMILES string of the molecule is CCNCC1CCN(CC(=O)NCc2ccc(Cl)cc2)CC1.Cl. The first kappa shape index (κ1) is 20.2. The molecule has 0 aromatic heterocycles. The van der Waals surface area contributed by atoms with Gasteiger partial charge >= 0.3 is 0 Å². The molecule has 0 unspecified atom stereocenters. The zero-order valence-electron chi connectivity index (χ0n) is 13.7. The second kappa shape index (κ2) is 10.9. The fourth-order valence-corrected chi connectivity index (χ4v) is 2.89. The number of piperidine rings is 1. The van der Waals surface area contributed by atoms with Crippen molar-refractivity contribution in [1.82, 2.24) is 15.5 Å². The van der Waals surface area contributed by atoms with Crippen LogP contribution >= 0.6 is 24.0 Å². The van der Waals surface area contributed by atoms with Gasteiger partial charge in [-0.3, -0.25) is 9.69 Å². The van der Waals surface area contributed by atoms with Crippen LogP contribution in [0.2, 0.25) is 5.02 Å². The average molecular weight is 360 g/mol. The van der Waals surface area contributed by atoms with Crippen molar-refractivity contribution in [2.75, 3.05) is 32.7 Å². The molecule has 1 aliphatic heterocycles. The van der Waals surface area contributed by atoms with Crippen LogP contribution in [0.1, 0.15) is 25.3 Å². The number of hydrogen-bond donors (Lipinski definition) is 2. The highest BCUT2D eigenvalue weighted by molar-refractivity contribution is 6.30. The number of benzene rings is 1. The molecule has 1 aromatic carbocycles. The van der Waals surface area contributed by atoms with Crippen LogP contribution in [-0.4, -0.2) is 43.5 Å². The lowest BCUT2D eigenvalue weighted by atomic mass is 9.97. The third kappa shape index (κ3) is 7.53. The number of nitrogens with zero attached hydrogens (tertiary/aromatic N) is 1. The van der Waals surface area contributed by atoms with Gasteiger partial charge in [0.25, 0.3) is 0 Å². The molecule has 1 fully saturated rings. The van der Waals surface area contributed by atoms with Gasteiger partial charge in [-0.2, -0.15) is 0 Å². The van der Waals surface area contributed by atoms with Gasteiger partial charge in [-0.25, -0.2) is 0 Å². The zero-order chi connectivity index (χ0) is 15.8. The second-order valence-electron chi connectivity index (χ2n) is 5.93. The standard InChI is InChI=1S/C17H26ClN3O.ClH/c1-2-19-11-15-7-9-21(10-8-15)13-17(22)20-12-14-3-5-16(18)6-4-14;/h3-6,15,19H,2,7-13H2,1H3,(H,20,22);1H. The molecule has 1 aliphatic rings. The maximum absolute atomic E-state index is 12.0. The van der Waals surface area contributed by atoms with Crippen molar-refractivity contribution in [3.63, 3.8) is 0 Å². The van der Waals surface area contributed by atoms with Crippen molar-refractivity contribution in [1.29, 1.82) is 0 Å². The van der Waals surface area contributed by atoms with Crippen molar-refractivity contribution in [2.45, 2.75) is 26.3 Å². The number of rotatable bonds is 7. The van der Waals surface area contributed by atoms with Crippen molar-refractivity contribution in [3.8, 4) is 0 Å². The Bertz CT molecular complexity index is 459. The first-order chi connectivity index (χ1) is 10.7. The summed E-state index contributed by atoms with van der Waals surface area (Å²) in [4.78, 5) is 14.3. The molecule has 2 N–H and O–H groups in total. The number of carbonyl (C=O) groups excluding carboxylic acids is 1. The monoisotopic (exact) mass is 359 g/mol. The Hall–Kier alpha value is -0.810. The zero-order valence-corrected chi connectivity index (χ0v) is 15.3. The molecule has 0 spiro atoms. The van der Waals surface area contributed by atoms with Gasteiger partial charge in [-0.15, -0.1) is 12.4 Å². The van der Waals surface area contributed by atoms with Crippen LogP contribution in [0.4, 0.5) is 0 Å². The van der Waals surface area contributed by atoms with Gasteiger partial charge in [0.15, 0.2) is 0 Å². The largest absolute Gasteiger partial charge is 0.351 e. The Balaban J connectivity index is 0.00000264. The highest BCUT2D eigenvalue weighted by atomic mass is 35.5. The van der Waals surface area contributed by atoms with Crippen LogP contribution in [0.5, 0.6) is 0 Å². The maximum Gasteiger partial charge on any atom is 0.234 e. The minimum atomic E-state index is 0. The first-order valence-electron chi connectivity index (χ1n) is 8.11. The molecule has 4 nitrogen and oxygen atoms in total. The van der Waals surface area contributed by atoms with Crippen LogP contribution in [0, 0.1) is 5.92 Å². The van der Waals surface area contributed by atoms with Crippen LogP contribution in [0.15, 0.2) is 24.3 Å². The topological polar surface area (TPSA) is 44.4 Å². The molecule has 23 heavy (non-hydrogen) atoms. The van der Waals surface area contributed by atoms with Gasteiger partial charge < -0.3 is 10.6 Å². The van der Waals surface area contributed by atoms with E-state index in [4.69, 9.17) is 11.6 Å². The molecule has 0 radical (unpaired) electrons. The van der Waals surface area contributed by atoms with E-state index < -0.39 is 0 Å². The van der Waals surface area contributed by atoms with Gasteiger partial charge in [0.05, 0.1) is 6.54 Å². The summed E-state index contributed by atoms with van der Waals surface area (Å²) in [6, 6.07) is 7.57. The molecule has 6 heteroatoms. The molecule has 0 aliphatic carbocycles. The third-order valence-corrected chi connectivity index (χ3v) is 4.41. The fourth-order valence-electron chi connectivity index (χ4n) is 2.76. The molecule has 1 saturated heterocycles. The maximum atomic E-state index is 12.0.